The Morgan fingerprint density at radius 1 is 0.941 bits per heavy atom. The van der Waals surface area contributed by atoms with Crippen LogP contribution >= 0.6 is 0 Å². The number of carbonyl (C=O) groups excluding carboxylic acids is 3. The molecule has 0 bridgehead atoms. The number of likely N-dealkylation sites (N-methyl/N-ethyl adjacent to an activating group) is 1. The van der Waals surface area contributed by atoms with Crippen LogP contribution in [0.4, 0.5) is 0 Å². The average molecular weight is 719 g/mol. The van der Waals surface area contributed by atoms with E-state index in [2.05, 4.69) is 26.3 Å². The van der Waals surface area contributed by atoms with Gasteiger partial charge in [0.2, 0.25) is 11.8 Å². The van der Waals surface area contributed by atoms with Crippen molar-refractivity contribution in [2.45, 2.75) is 69.4 Å². The zero-order chi connectivity index (χ0) is 36.4. The monoisotopic (exact) mass is 718 g/mol. The van der Waals surface area contributed by atoms with Crippen LogP contribution in [0.3, 0.4) is 0 Å². The Morgan fingerprint density at radius 2 is 1.69 bits per heavy atom. The second kappa shape index (κ2) is 13.2. The Bertz CT molecular complexity index is 2000. The Hall–Kier alpha value is -3.94. The number of benzene rings is 2. The van der Waals surface area contributed by atoms with Gasteiger partial charge in [-0.15, -0.1) is 0 Å². The van der Waals surface area contributed by atoms with Gasteiger partial charge in [0.15, 0.2) is 0 Å². The Morgan fingerprint density at radius 3 is 2.33 bits per heavy atom. The van der Waals surface area contributed by atoms with E-state index in [1.165, 1.54) is 26.1 Å². The van der Waals surface area contributed by atoms with Gasteiger partial charge in [-0.3, -0.25) is 19.3 Å². The van der Waals surface area contributed by atoms with Crippen LogP contribution in [-0.2, 0) is 26.3 Å². The van der Waals surface area contributed by atoms with Crippen LogP contribution in [0.2, 0.25) is 0 Å². The standard InChI is InChI=1S/C38H50N6O6S/c1-40(2)37(47)38-22-43(36(46)31-13-10-18-42(31)5)21-30(38)29-20-26(50-6)15-17-27(29)34-33(24-11-8-7-9-12-24)28-16-14-25(19-32(28)44(34)23-38)35(45)39-51(48,49)41(3)4/h14-17,19-20,24,30-31H,7-13,18,21-23H2,1-6H3,(H,39,45)/t30?,31-,38?/m0/s1. The highest BCUT2D eigenvalue weighted by Gasteiger charge is 2.57. The largest absolute Gasteiger partial charge is 0.497 e. The van der Waals surface area contributed by atoms with Crippen LogP contribution in [0.5, 0.6) is 5.75 Å². The third-order valence-electron chi connectivity index (χ3n) is 11.9. The van der Waals surface area contributed by atoms with Gasteiger partial charge in [-0.25, -0.2) is 4.72 Å². The molecule has 2 saturated heterocycles. The maximum atomic E-state index is 14.8. The fraction of sp³-hybridized carbons (Fsp3) is 0.553. The number of rotatable bonds is 7. The number of carbonyl (C=O) groups is 3. The average Bonchev–Trinajstić information content (AvgIpc) is 3.79. The second-order valence-corrected chi connectivity index (χ2v) is 17.2. The lowest BCUT2D eigenvalue weighted by Gasteiger charge is -2.35. The summed E-state index contributed by atoms with van der Waals surface area (Å²) in [6.45, 7) is 1.81. The summed E-state index contributed by atoms with van der Waals surface area (Å²) in [7, 11) is 5.90. The van der Waals surface area contributed by atoms with E-state index < -0.39 is 21.5 Å². The summed E-state index contributed by atoms with van der Waals surface area (Å²) in [5.41, 5.74) is 4.17. The summed E-state index contributed by atoms with van der Waals surface area (Å²) in [4.78, 5) is 48.2. The first kappa shape index (κ1) is 35.5. The molecular weight excluding hydrogens is 669 g/mol. The topological polar surface area (TPSA) is 124 Å². The number of fused-ring (bicyclic) bond motifs is 7. The maximum Gasteiger partial charge on any atom is 0.303 e. The molecule has 2 aromatic carbocycles. The van der Waals surface area contributed by atoms with E-state index in [-0.39, 0.29) is 48.3 Å². The van der Waals surface area contributed by atoms with E-state index in [9.17, 15) is 22.8 Å². The molecule has 2 unspecified atom stereocenters. The molecule has 1 aliphatic carbocycles. The van der Waals surface area contributed by atoms with Crippen molar-refractivity contribution in [3.63, 3.8) is 0 Å². The lowest BCUT2D eigenvalue weighted by molar-refractivity contribution is -0.141. The molecule has 3 aliphatic heterocycles. The maximum absolute atomic E-state index is 14.8. The van der Waals surface area contributed by atoms with Gasteiger partial charge in [0.05, 0.1) is 24.3 Å². The molecule has 274 valence electrons. The van der Waals surface area contributed by atoms with E-state index in [1.54, 1.807) is 38.2 Å². The van der Waals surface area contributed by atoms with Crippen molar-refractivity contribution in [3.05, 3.63) is 53.1 Å². The lowest BCUT2D eigenvalue weighted by atomic mass is 9.72. The number of aromatic nitrogens is 1. The molecule has 3 amide bonds. The second-order valence-electron chi connectivity index (χ2n) is 15.4. The highest BCUT2D eigenvalue weighted by molar-refractivity contribution is 7.87. The van der Waals surface area contributed by atoms with Crippen LogP contribution < -0.4 is 9.46 Å². The van der Waals surface area contributed by atoms with Crippen LogP contribution in [0.1, 0.15) is 78.3 Å². The third-order valence-corrected chi connectivity index (χ3v) is 13.3. The molecule has 0 radical (unpaired) electrons. The summed E-state index contributed by atoms with van der Waals surface area (Å²) in [6.07, 6.45) is 7.24. The molecule has 0 spiro atoms. The minimum atomic E-state index is -4.02. The molecule has 51 heavy (non-hydrogen) atoms. The summed E-state index contributed by atoms with van der Waals surface area (Å²) >= 11 is 0. The molecular formula is C38H50N6O6S. The number of hydrogen-bond donors (Lipinski definition) is 1. The first-order chi connectivity index (χ1) is 24.3. The van der Waals surface area contributed by atoms with Crippen molar-refractivity contribution in [3.8, 4) is 17.0 Å². The van der Waals surface area contributed by atoms with Crippen LogP contribution in [0.15, 0.2) is 36.4 Å². The van der Waals surface area contributed by atoms with Crippen LogP contribution in [0.25, 0.3) is 22.2 Å². The quantitative estimate of drug-likeness (QED) is 0.392. The molecule has 3 atom stereocenters. The normalized spacial score (nSPS) is 23.9. The van der Waals surface area contributed by atoms with Gasteiger partial charge >= 0.3 is 10.2 Å². The number of likely N-dealkylation sites (tertiary alicyclic amines) is 2. The molecule has 1 aromatic heterocycles. The SMILES string of the molecule is COc1ccc2c(c1)C1CN(C(=O)[C@@H]3CCCN3C)CC1(C(=O)N(C)C)Cn1c-2c(C2CCCCC2)c2ccc(C(=O)NS(=O)(=O)N(C)C)cc21. The lowest BCUT2D eigenvalue weighted by Crippen LogP contribution is -2.49. The molecule has 4 heterocycles. The summed E-state index contributed by atoms with van der Waals surface area (Å²) in [6, 6.07) is 11.3. The minimum Gasteiger partial charge on any atom is -0.497 e. The number of amides is 3. The predicted octanol–water partition coefficient (Wildman–Crippen LogP) is 4.01. The molecule has 3 fully saturated rings. The molecule has 3 aromatic rings. The van der Waals surface area contributed by atoms with Crippen molar-refractivity contribution < 1.29 is 27.5 Å². The van der Waals surface area contributed by atoms with Gasteiger partial charge in [0.25, 0.3) is 5.91 Å². The molecule has 4 aliphatic rings. The Kier molecular flexibility index (Phi) is 9.20. The van der Waals surface area contributed by atoms with Crippen molar-refractivity contribution in [1.82, 2.24) is 28.3 Å². The van der Waals surface area contributed by atoms with Crippen LogP contribution in [0, 0.1) is 5.41 Å². The molecule has 7 rings (SSSR count). The molecule has 12 nitrogen and oxygen atoms in total. The van der Waals surface area contributed by atoms with Crippen molar-refractivity contribution in [2.75, 3.05) is 62.0 Å². The van der Waals surface area contributed by atoms with Gasteiger partial charge in [0.1, 0.15) is 5.75 Å². The first-order valence-corrected chi connectivity index (χ1v) is 19.5. The van der Waals surface area contributed by atoms with Crippen molar-refractivity contribution in [1.29, 1.82) is 0 Å². The summed E-state index contributed by atoms with van der Waals surface area (Å²) in [5.74, 6) is -0.0922. The van der Waals surface area contributed by atoms with E-state index in [0.717, 1.165) is 77.1 Å². The van der Waals surface area contributed by atoms with E-state index in [4.69, 9.17) is 4.74 Å². The summed E-state index contributed by atoms with van der Waals surface area (Å²) in [5, 5.41) is 0.995. The van der Waals surface area contributed by atoms with Gasteiger partial charge < -0.3 is 19.1 Å². The van der Waals surface area contributed by atoms with Crippen molar-refractivity contribution in [2.24, 2.45) is 5.41 Å². The fourth-order valence-electron chi connectivity index (χ4n) is 9.30. The Labute approximate surface area is 300 Å². The number of nitrogens with one attached hydrogen (secondary N) is 1. The highest BCUT2D eigenvalue weighted by Crippen LogP contribution is 2.55. The summed E-state index contributed by atoms with van der Waals surface area (Å²) < 4.78 is 36.5. The Balaban J connectivity index is 1.48. The van der Waals surface area contributed by atoms with Gasteiger partial charge in [-0.05, 0) is 86.7 Å². The zero-order valence-electron chi connectivity index (χ0n) is 30.6. The fourth-order valence-corrected chi connectivity index (χ4v) is 9.83. The zero-order valence-corrected chi connectivity index (χ0v) is 31.4. The molecule has 1 saturated carbocycles. The molecule has 13 heteroatoms. The van der Waals surface area contributed by atoms with Crippen molar-refractivity contribution >= 4 is 38.8 Å². The van der Waals surface area contributed by atoms with E-state index >= 15 is 0 Å². The predicted molar refractivity (Wildman–Crippen MR) is 196 cm³/mol. The first-order valence-electron chi connectivity index (χ1n) is 18.1. The number of methoxy groups -OCH3 is 1. The van der Waals surface area contributed by atoms with E-state index in [1.807, 2.05) is 24.1 Å². The smallest absolute Gasteiger partial charge is 0.303 e. The van der Waals surface area contributed by atoms with Gasteiger partial charge in [-0.1, -0.05) is 25.3 Å². The molecule has 1 N–H and O–H groups in total. The minimum absolute atomic E-state index is 0.0555. The third kappa shape index (κ3) is 5.90. The van der Waals surface area contributed by atoms with Gasteiger partial charge in [0, 0.05) is 75.8 Å². The number of hydrogen-bond acceptors (Lipinski definition) is 7. The highest BCUT2D eigenvalue weighted by atomic mass is 32.2. The number of nitrogens with zero attached hydrogens (tertiary/aromatic N) is 5. The van der Waals surface area contributed by atoms with E-state index in [0.29, 0.717) is 12.3 Å². The van der Waals surface area contributed by atoms with Gasteiger partial charge in [-0.2, -0.15) is 12.7 Å². The van der Waals surface area contributed by atoms with Crippen LogP contribution in [-0.4, -0.2) is 118 Å². The number of ether oxygens (including phenoxy) is 1.